The van der Waals surface area contributed by atoms with Gasteiger partial charge < -0.3 is 4.74 Å². The Hall–Kier alpha value is -3.19. The molecule has 3 rings (SSSR count). The minimum absolute atomic E-state index is 0.0209. The Morgan fingerprint density at radius 3 is 2.40 bits per heavy atom. The maximum absolute atomic E-state index is 12.6. The second-order valence-electron chi connectivity index (χ2n) is 6.92. The molecule has 1 N–H and O–H groups in total. The molecular weight excluding hydrogens is 408 g/mol. The molecule has 1 heterocycles. The van der Waals surface area contributed by atoms with E-state index in [1.54, 1.807) is 49.4 Å². The van der Waals surface area contributed by atoms with E-state index < -0.39 is 29.8 Å². The fourth-order valence-corrected chi connectivity index (χ4v) is 3.23. The number of hydrazine groups is 1. The smallest absolute Gasteiger partial charge is 0.312 e. The van der Waals surface area contributed by atoms with Gasteiger partial charge in [0, 0.05) is 22.6 Å². The van der Waals surface area contributed by atoms with E-state index in [0.29, 0.717) is 22.6 Å². The van der Waals surface area contributed by atoms with Crippen molar-refractivity contribution < 1.29 is 23.9 Å². The van der Waals surface area contributed by atoms with Crippen molar-refractivity contribution in [2.24, 2.45) is 5.92 Å². The van der Waals surface area contributed by atoms with E-state index in [-0.39, 0.29) is 18.7 Å². The summed E-state index contributed by atoms with van der Waals surface area (Å²) in [4.78, 5) is 49.6. The van der Waals surface area contributed by atoms with Gasteiger partial charge in [0.15, 0.2) is 6.10 Å². The molecule has 2 amide bonds. The molecule has 0 aromatic heterocycles. The maximum Gasteiger partial charge on any atom is 0.312 e. The summed E-state index contributed by atoms with van der Waals surface area (Å²) < 4.78 is 5.40. The first-order chi connectivity index (χ1) is 14.4. The Bertz CT molecular complexity index is 946. The summed E-state index contributed by atoms with van der Waals surface area (Å²) in [7, 11) is 0. The van der Waals surface area contributed by atoms with E-state index in [1.807, 2.05) is 0 Å². The number of halogens is 1. The molecule has 1 saturated heterocycles. The minimum Gasteiger partial charge on any atom is -0.454 e. The van der Waals surface area contributed by atoms with Crippen molar-refractivity contribution in [3.8, 4) is 0 Å². The van der Waals surface area contributed by atoms with Crippen LogP contribution in [0, 0.1) is 5.92 Å². The third-order valence-electron chi connectivity index (χ3n) is 4.78. The van der Waals surface area contributed by atoms with Gasteiger partial charge in [-0.2, -0.15) is 0 Å². The van der Waals surface area contributed by atoms with Crippen LogP contribution in [0.25, 0.3) is 0 Å². The van der Waals surface area contributed by atoms with Gasteiger partial charge in [0.25, 0.3) is 5.91 Å². The first kappa shape index (κ1) is 21.5. The average Bonchev–Trinajstić information content (AvgIpc) is 3.12. The number of ketones is 1. The van der Waals surface area contributed by atoms with Gasteiger partial charge in [-0.1, -0.05) is 48.9 Å². The van der Waals surface area contributed by atoms with Crippen molar-refractivity contribution in [3.63, 3.8) is 0 Å². The third kappa shape index (κ3) is 5.04. The van der Waals surface area contributed by atoms with E-state index in [4.69, 9.17) is 16.3 Å². The quantitative estimate of drug-likeness (QED) is 0.540. The second-order valence-corrected chi connectivity index (χ2v) is 7.35. The number of benzene rings is 2. The van der Waals surface area contributed by atoms with Gasteiger partial charge in [-0.15, -0.1) is 0 Å². The van der Waals surface area contributed by atoms with Gasteiger partial charge in [0.1, 0.15) is 0 Å². The van der Waals surface area contributed by atoms with Gasteiger partial charge in [0.05, 0.1) is 12.5 Å². The average molecular weight is 429 g/mol. The lowest BCUT2D eigenvalue weighted by Crippen LogP contribution is -2.43. The van der Waals surface area contributed by atoms with Crippen LogP contribution in [0.1, 0.15) is 40.5 Å². The lowest BCUT2D eigenvalue weighted by Gasteiger charge is -2.19. The summed E-state index contributed by atoms with van der Waals surface area (Å²) in [6, 6.07) is 14.8. The molecule has 2 unspecified atom stereocenters. The Morgan fingerprint density at radius 1 is 1.10 bits per heavy atom. The van der Waals surface area contributed by atoms with Gasteiger partial charge in [-0.3, -0.25) is 29.6 Å². The number of nitrogens with zero attached hydrogens (tertiary/aromatic N) is 1. The Morgan fingerprint density at radius 2 is 1.77 bits per heavy atom. The summed E-state index contributed by atoms with van der Waals surface area (Å²) in [6.07, 6.45) is -0.708. The van der Waals surface area contributed by atoms with Gasteiger partial charge in [0.2, 0.25) is 11.7 Å². The summed E-state index contributed by atoms with van der Waals surface area (Å²) in [5.74, 6) is -2.58. The molecule has 1 aliphatic heterocycles. The van der Waals surface area contributed by atoms with Crippen LogP contribution in [0.2, 0.25) is 5.02 Å². The molecule has 0 aliphatic carbocycles. The Labute approximate surface area is 178 Å². The van der Waals surface area contributed by atoms with Crippen LogP contribution in [-0.2, 0) is 14.3 Å². The molecule has 30 heavy (non-hydrogen) atoms. The molecule has 2 aromatic carbocycles. The SMILES string of the molecule is CCC(OC(=O)C1CC(=O)N(NC(=O)c2ccc(Cl)cc2)C1)C(=O)c1ccccc1. The first-order valence-electron chi connectivity index (χ1n) is 9.55. The summed E-state index contributed by atoms with van der Waals surface area (Å²) in [6.45, 7) is 1.73. The van der Waals surface area contributed by atoms with Crippen molar-refractivity contribution in [1.82, 2.24) is 10.4 Å². The number of hydrogen-bond acceptors (Lipinski definition) is 5. The summed E-state index contributed by atoms with van der Waals surface area (Å²) >= 11 is 5.81. The molecule has 2 aromatic rings. The predicted octanol–water partition coefficient (Wildman–Crippen LogP) is 3.04. The van der Waals surface area contributed by atoms with E-state index >= 15 is 0 Å². The molecule has 0 radical (unpaired) electrons. The van der Waals surface area contributed by atoms with Crippen molar-refractivity contribution >= 4 is 35.2 Å². The van der Waals surface area contributed by atoms with E-state index in [1.165, 1.54) is 12.1 Å². The molecule has 1 fully saturated rings. The van der Waals surface area contributed by atoms with Crippen LogP contribution in [0.15, 0.2) is 54.6 Å². The van der Waals surface area contributed by atoms with Crippen LogP contribution in [0.5, 0.6) is 0 Å². The number of amides is 2. The molecule has 7 nitrogen and oxygen atoms in total. The highest BCUT2D eigenvalue weighted by Gasteiger charge is 2.38. The Kier molecular flexibility index (Phi) is 6.84. The number of carbonyl (C=O) groups excluding carboxylic acids is 4. The van der Waals surface area contributed by atoms with Crippen molar-refractivity contribution in [2.45, 2.75) is 25.9 Å². The number of rotatable bonds is 7. The fourth-order valence-electron chi connectivity index (χ4n) is 3.11. The van der Waals surface area contributed by atoms with Gasteiger partial charge in [-0.25, -0.2) is 0 Å². The van der Waals surface area contributed by atoms with Gasteiger partial charge >= 0.3 is 5.97 Å². The molecule has 0 spiro atoms. The zero-order valence-electron chi connectivity index (χ0n) is 16.3. The van der Waals surface area contributed by atoms with Crippen LogP contribution >= 0.6 is 11.6 Å². The largest absolute Gasteiger partial charge is 0.454 e. The molecular formula is C22H21ClN2O5. The number of carbonyl (C=O) groups is 4. The standard InChI is InChI=1S/C22H21ClN2O5/c1-2-18(20(27)14-6-4-3-5-7-14)30-22(29)16-12-19(26)25(13-16)24-21(28)15-8-10-17(23)11-9-15/h3-11,16,18H,2,12-13H2,1H3,(H,24,28). The van der Waals surface area contributed by atoms with Crippen LogP contribution < -0.4 is 5.43 Å². The van der Waals surface area contributed by atoms with Crippen molar-refractivity contribution in [1.29, 1.82) is 0 Å². The highest BCUT2D eigenvalue weighted by atomic mass is 35.5. The van der Waals surface area contributed by atoms with E-state index in [2.05, 4.69) is 5.43 Å². The highest BCUT2D eigenvalue weighted by Crippen LogP contribution is 2.20. The fraction of sp³-hybridized carbons (Fsp3) is 0.273. The normalized spacial score (nSPS) is 16.8. The Balaban J connectivity index is 1.59. The molecule has 156 valence electrons. The lowest BCUT2D eigenvalue weighted by atomic mass is 10.0. The summed E-state index contributed by atoms with van der Waals surface area (Å²) in [5.41, 5.74) is 3.28. The van der Waals surface area contributed by atoms with E-state index in [0.717, 1.165) is 5.01 Å². The minimum atomic E-state index is -0.923. The number of ether oxygens (including phenoxy) is 1. The number of esters is 1. The third-order valence-corrected chi connectivity index (χ3v) is 5.03. The predicted molar refractivity (Wildman–Crippen MR) is 110 cm³/mol. The molecule has 1 aliphatic rings. The molecule has 8 heteroatoms. The monoisotopic (exact) mass is 428 g/mol. The topological polar surface area (TPSA) is 92.8 Å². The molecule has 0 bridgehead atoms. The lowest BCUT2D eigenvalue weighted by molar-refractivity contribution is -0.151. The number of Topliss-reactive ketones (excluding diaryl/α,β-unsaturated/α-hetero) is 1. The molecule has 2 atom stereocenters. The molecule has 0 saturated carbocycles. The van der Waals surface area contributed by atoms with E-state index in [9.17, 15) is 19.2 Å². The van der Waals surface area contributed by atoms with Crippen LogP contribution in [0.4, 0.5) is 0 Å². The van der Waals surface area contributed by atoms with Crippen molar-refractivity contribution in [3.05, 3.63) is 70.7 Å². The van der Waals surface area contributed by atoms with Gasteiger partial charge in [-0.05, 0) is 30.7 Å². The zero-order valence-corrected chi connectivity index (χ0v) is 17.1. The number of nitrogens with one attached hydrogen (secondary N) is 1. The maximum atomic E-state index is 12.6. The highest BCUT2D eigenvalue weighted by molar-refractivity contribution is 6.30. The second kappa shape index (κ2) is 9.54. The zero-order chi connectivity index (χ0) is 21.7. The summed E-state index contributed by atoms with van der Waals surface area (Å²) in [5, 5.41) is 1.59. The van der Waals surface area contributed by atoms with Crippen molar-refractivity contribution in [2.75, 3.05) is 6.54 Å². The van der Waals surface area contributed by atoms with Crippen LogP contribution in [-0.4, -0.2) is 41.2 Å². The number of hydrogen-bond donors (Lipinski definition) is 1. The van der Waals surface area contributed by atoms with Crippen LogP contribution in [0.3, 0.4) is 0 Å². The first-order valence-corrected chi connectivity index (χ1v) is 9.93.